The van der Waals surface area contributed by atoms with Crippen molar-refractivity contribution in [1.82, 2.24) is 4.98 Å². The van der Waals surface area contributed by atoms with Gasteiger partial charge in [-0.15, -0.1) is 0 Å². The highest BCUT2D eigenvalue weighted by Crippen LogP contribution is 2.43. The minimum Gasteiger partial charge on any atom is -0.393 e. The zero-order valence-electron chi connectivity index (χ0n) is 16.0. The van der Waals surface area contributed by atoms with Crippen molar-refractivity contribution in [2.75, 3.05) is 0 Å². The molecule has 0 aromatic carbocycles. The van der Waals surface area contributed by atoms with Gasteiger partial charge in [0, 0.05) is 42.8 Å². The predicted molar refractivity (Wildman–Crippen MR) is 109 cm³/mol. The van der Waals surface area contributed by atoms with E-state index in [1.807, 2.05) is 18.3 Å². The van der Waals surface area contributed by atoms with Crippen LogP contribution in [0.3, 0.4) is 0 Å². The fourth-order valence-corrected chi connectivity index (χ4v) is 4.09. The normalized spacial score (nSPS) is 25.1. The summed E-state index contributed by atoms with van der Waals surface area (Å²) < 4.78 is 0. The third-order valence-electron chi connectivity index (χ3n) is 5.48. The Kier molecular flexibility index (Phi) is 7.47. The average molecular weight is 373 g/mol. The molecule has 2 rings (SSSR count). The molecule has 1 aromatic heterocycles. The van der Waals surface area contributed by atoms with Crippen molar-refractivity contribution in [2.45, 2.75) is 63.9 Å². The van der Waals surface area contributed by atoms with Crippen molar-refractivity contribution in [3.05, 3.63) is 29.6 Å². The molecular formula is C20H32N6O. The zero-order chi connectivity index (χ0) is 20.0. The van der Waals surface area contributed by atoms with Crippen LogP contribution in [0.5, 0.6) is 0 Å². The summed E-state index contributed by atoms with van der Waals surface area (Å²) in [5.74, 6) is 0.871. The Bertz CT molecular complexity index is 672. The number of hydrogen-bond acceptors (Lipinski definition) is 5. The highest BCUT2D eigenvalue weighted by molar-refractivity contribution is 5.80. The molecule has 0 spiro atoms. The first kappa shape index (κ1) is 21.0. The van der Waals surface area contributed by atoms with E-state index in [1.54, 1.807) is 6.92 Å². The molecule has 1 aliphatic rings. The second-order valence-electron chi connectivity index (χ2n) is 7.84. The summed E-state index contributed by atoms with van der Waals surface area (Å²) in [6, 6.07) is 4.02. The minimum atomic E-state index is -0.437. The molecule has 0 amide bonds. The second kappa shape index (κ2) is 9.60. The number of rotatable bonds is 9. The molecule has 1 fully saturated rings. The van der Waals surface area contributed by atoms with Crippen LogP contribution in [0, 0.1) is 28.1 Å². The Morgan fingerprint density at radius 2 is 1.70 bits per heavy atom. The molecule has 1 saturated carbocycles. The number of aliphatic hydroxyl groups excluding tert-OH is 1. The van der Waals surface area contributed by atoms with E-state index in [-0.39, 0.29) is 29.4 Å². The molecular weight excluding hydrogens is 340 g/mol. The molecule has 7 nitrogen and oxygen atoms in total. The Morgan fingerprint density at radius 1 is 1.07 bits per heavy atom. The number of pyridine rings is 1. The maximum atomic E-state index is 10.6. The molecule has 8 N–H and O–H groups in total. The number of nitrogens with zero attached hydrogens (tertiary/aromatic N) is 1. The second-order valence-corrected chi connectivity index (χ2v) is 7.84. The van der Waals surface area contributed by atoms with Crippen molar-refractivity contribution >= 4 is 17.4 Å². The lowest BCUT2D eigenvalue weighted by molar-refractivity contribution is 0.0299. The van der Waals surface area contributed by atoms with Crippen molar-refractivity contribution in [3.8, 4) is 0 Å². The van der Waals surface area contributed by atoms with Crippen LogP contribution in [-0.4, -0.2) is 33.6 Å². The van der Waals surface area contributed by atoms with Gasteiger partial charge < -0.3 is 22.0 Å². The summed E-state index contributed by atoms with van der Waals surface area (Å²) in [4.78, 5) is 4.62. The Balaban J connectivity index is 2.14. The van der Waals surface area contributed by atoms with Gasteiger partial charge >= 0.3 is 0 Å². The van der Waals surface area contributed by atoms with Crippen LogP contribution in [0.4, 0.5) is 0 Å². The van der Waals surface area contributed by atoms with Crippen LogP contribution in [0.25, 0.3) is 0 Å². The average Bonchev–Trinajstić information content (AvgIpc) is 2.59. The van der Waals surface area contributed by atoms with Gasteiger partial charge in [0.25, 0.3) is 0 Å². The van der Waals surface area contributed by atoms with Gasteiger partial charge in [0.15, 0.2) is 0 Å². The first-order valence-electron chi connectivity index (χ1n) is 9.59. The molecule has 1 aromatic rings. The molecule has 0 aliphatic heterocycles. The third-order valence-corrected chi connectivity index (χ3v) is 5.48. The van der Waals surface area contributed by atoms with E-state index in [0.29, 0.717) is 37.8 Å². The molecule has 4 atom stereocenters. The van der Waals surface area contributed by atoms with Crippen molar-refractivity contribution in [3.63, 3.8) is 0 Å². The minimum absolute atomic E-state index is 0.113. The monoisotopic (exact) mass is 372 g/mol. The number of amidine groups is 2. The topological polar surface area (TPSA) is 157 Å². The van der Waals surface area contributed by atoms with Crippen molar-refractivity contribution in [1.29, 1.82) is 16.2 Å². The largest absolute Gasteiger partial charge is 0.393 e. The summed E-state index contributed by atoms with van der Waals surface area (Å²) in [5.41, 5.74) is 13.6. The molecule has 1 aliphatic carbocycles. The molecule has 0 radical (unpaired) electrons. The number of hydrogen-bond donors (Lipinski definition) is 6. The molecule has 148 valence electrons. The van der Waals surface area contributed by atoms with E-state index in [9.17, 15) is 5.11 Å². The Hall–Kier alpha value is -2.28. The van der Waals surface area contributed by atoms with Crippen LogP contribution in [0.2, 0.25) is 0 Å². The van der Waals surface area contributed by atoms with E-state index >= 15 is 0 Å². The molecule has 1 heterocycles. The van der Waals surface area contributed by atoms with E-state index in [0.717, 1.165) is 24.1 Å². The first-order valence-corrected chi connectivity index (χ1v) is 9.59. The highest BCUT2D eigenvalue weighted by Gasteiger charge is 2.37. The van der Waals surface area contributed by atoms with E-state index in [2.05, 4.69) is 4.98 Å². The number of aliphatic hydroxyl groups is 1. The Morgan fingerprint density at radius 3 is 2.22 bits per heavy atom. The lowest BCUT2D eigenvalue weighted by Gasteiger charge is -2.39. The smallest absolute Gasteiger partial charge is 0.0905 e. The van der Waals surface area contributed by atoms with Gasteiger partial charge in [0.1, 0.15) is 0 Å². The van der Waals surface area contributed by atoms with E-state index in [1.165, 1.54) is 0 Å². The maximum Gasteiger partial charge on any atom is 0.0905 e. The highest BCUT2D eigenvalue weighted by atomic mass is 16.3. The summed E-state index contributed by atoms with van der Waals surface area (Å²) in [6.45, 7) is 1.78. The van der Waals surface area contributed by atoms with Gasteiger partial charge in [-0.3, -0.25) is 15.8 Å². The standard InChI is InChI=1S/C20H32N6O/c1-12(21)8-13-2-5-17(26-11-13)16-10-18(27)15(4-7-20(24)25)9-14(16)3-6-19(22)23/h2,5,11,14-16,18,21,27H,3-4,6-10H2,1H3,(H3,22,23)(H3,24,25)/t14-,15+,16-,18+/m0/s1. The summed E-state index contributed by atoms with van der Waals surface area (Å²) >= 11 is 0. The van der Waals surface area contributed by atoms with Gasteiger partial charge in [-0.05, 0) is 56.1 Å². The van der Waals surface area contributed by atoms with Crippen molar-refractivity contribution < 1.29 is 5.11 Å². The third kappa shape index (κ3) is 6.43. The van der Waals surface area contributed by atoms with Crippen LogP contribution in [0.15, 0.2) is 18.3 Å². The molecule has 27 heavy (non-hydrogen) atoms. The fraction of sp³-hybridized carbons (Fsp3) is 0.600. The predicted octanol–water partition coefficient (Wildman–Crippen LogP) is 2.57. The van der Waals surface area contributed by atoms with Crippen LogP contribution >= 0.6 is 0 Å². The number of aromatic nitrogens is 1. The van der Waals surface area contributed by atoms with Crippen LogP contribution in [-0.2, 0) is 6.42 Å². The molecule has 0 saturated heterocycles. The molecule has 7 heteroatoms. The Labute approximate surface area is 161 Å². The summed E-state index contributed by atoms with van der Waals surface area (Å²) in [5, 5.41) is 33.2. The van der Waals surface area contributed by atoms with Gasteiger partial charge in [-0.25, -0.2) is 0 Å². The van der Waals surface area contributed by atoms with Crippen molar-refractivity contribution in [2.24, 2.45) is 23.3 Å². The number of nitrogens with two attached hydrogens (primary N) is 2. The first-order chi connectivity index (χ1) is 12.8. The quantitative estimate of drug-likeness (QED) is 0.291. The fourth-order valence-electron chi connectivity index (χ4n) is 4.09. The maximum absolute atomic E-state index is 10.6. The van der Waals surface area contributed by atoms with Gasteiger partial charge in [0.05, 0.1) is 17.8 Å². The van der Waals surface area contributed by atoms with Gasteiger partial charge in [0.2, 0.25) is 0 Å². The van der Waals surface area contributed by atoms with Gasteiger partial charge in [-0.1, -0.05) is 6.07 Å². The molecule has 0 unspecified atom stereocenters. The van der Waals surface area contributed by atoms with E-state index in [4.69, 9.17) is 27.7 Å². The lowest BCUT2D eigenvalue weighted by atomic mass is 9.68. The number of nitrogens with one attached hydrogen (secondary N) is 3. The summed E-state index contributed by atoms with van der Waals surface area (Å²) in [7, 11) is 0. The summed E-state index contributed by atoms with van der Waals surface area (Å²) in [6.07, 6.45) is 6.00. The van der Waals surface area contributed by atoms with Crippen LogP contribution < -0.4 is 11.5 Å². The zero-order valence-corrected chi connectivity index (χ0v) is 16.0. The molecule has 0 bridgehead atoms. The van der Waals surface area contributed by atoms with Gasteiger partial charge in [-0.2, -0.15) is 0 Å². The SMILES string of the molecule is CC(=N)Cc1ccc([C@H]2C[C@@H](O)[C@H](CCC(=N)N)C[C@@H]2CCC(=N)N)nc1. The van der Waals surface area contributed by atoms with Crippen LogP contribution in [0.1, 0.15) is 62.6 Å². The lowest BCUT2D eigenvalue weighted by Crippen LogP contribution is -2.35. The van der Waals surface area contributed by atoms with E-state index < -0.39 is 6.10 Å².